The van der Waals surface area contributed by atoms with Gasteiger partial charge in [-0.1, -0.05) is 12.1 Å². The lowest BCUT2D eigenvalue weighted by atomic mass is 10.1. The molecule has 1 N–H and O–H groups in total. The second-order valence-corrected chi connectivity index (χ2v) is 9.99. The summed E-state index contributed by atoms with van der Waals surface area (Å²) in [6.07, 6.45) is 5.36. The number of cyclic esters (lactones) is 1. The van der Waals surface area contributed by atoms with E-state index in [2.05, 4.69) is 19.9 Å². The summed E-state index contributed by atoms with van der Waals surface area (Å²) in [6, 6.07) is 8.63. The van der Waals surface area contributed by atoms with Crippen molar-refractivity contribution in [1.82, 2.24) is 24.5 Å². The highest BCUT2D eigenvalue weighted by Crippen LogP contribution is 2.31. The number of nitrogens with one attached hydrogen (secondary N) is 1. The summed E-state index contributed by atoms with van der Waals surface area (Å²) in [5.41, 5.74) is 1.14. The monoisotopic (exact) mass is 467 g/mol. The Morgan fingerprint density at radius 3 is 2.73 bits per heavy atom. The number of ether oxygens (including phenoxy) is 1. The number of aromatic nitrogens is 5. The van der Waals surface area contributed by atoms with Crippen LogP contribution in [0.3, 0.4) is 0 Å². The molecule has 1 aliphatic rings. The predicted octanol–water partition coefficient (Wildman–Crippen LogP) is 2.69. The Hall–Kier alpha value is -3.93. The molecule has 170 valence electrons. The zero-order chi connectivity index (χ0) is 23.4. The maximum Gasteiger partial charge on any atom is 0.414 e. The Labute approximate surface area is 189 Å². The van der Waals surface area contributed by atoms with Crippen molar-refractivity contribution in [2.45, 2.75) is 24.3 Å². The maximum absolute atomic E-state index is 13.0. The average molecular weight is 468 g/mol. The van der Waals surface area contributed by atoms with E-state index in [4.69, 9.17) is 4.74 Å². The average Bonchev–Trinajstić information content (AvgIpc) is 3.47. The van der Waals surface area contributed by atoms with Gasteiger partial charge in [-0.25, -0.2) is 22.9 Å². The molecule has 0 saturated carbocycles. The van der Waals surface area contributed by atoms with Crippen molar-refractivity contribution < 1.29 is 17.9 Å². The van der Waals surface area contributed by atoms with Crippen LogP contribution in [0.25, 0.3) is 16.7 Å². The Bertz CT molecular complexity index is 1490. The number of anilines is 2. The first-order valence-corrected chi connectivity index (χ1v) is 11.6. The van der Waals surface area contributed by atoms with E-state index in [1.165, 1.54) is 28.2 Å². The highest BCUT2D eigenvalue weighted by Gasteiger charge is 2.41. The van der Waals surface area contributed by atoms with Gasteiger partial charge in [0, 0.05) is 24.7 Å². The van der Waals surface area contributed by atoms with Crippen LogP contribution in [0.2, 0.25) is 0 Å². The molecule has 0 aliphatic carbocycles. The largest absolute Gasteiger partial charge is 0.447 e. The van der Waals surface area contributed by atoms with Crippen LogP contribution < -0.4 is 9.62 Å². The molecule has 4 aromatic rings. The molecule has 1 saturated heterocycles. The van der Waals surface area contributed by atoms with Crippen molar-refractivity contribution in [1.29, 1.82) is 0 Å². The van der Waals surface area contributed by atoms with Crippen LogP contribution in [-0.4, -0.2) is 51.2 Å². The van der Waals surface area contributed by atoms with Gasteiger partial charge in [-0.3, -0.25) is 14.3 Å². The zero-order valence-corrected chi connectivity index (χ0v) is 18.9. The number of pyridine rings is 1. The molecular formula is C21H21N7O4S. The molecule has 1 aliphatic heterocycles. The second-order valence-electron chi connectivity index (χ2n) is 8.31. The van der Waals surface area contributed by atoms with Gasteiger partial charge in [0.25, 0.3) is 10.0 Å². The number of hydrogen-bond donors (Lipinski definition) is 1. The minimum atomic E-state index is -3.93. The number of fused-ring (bicyclic) bond motifs is 1. The fourth-order valence-electron chi connectivity index (χ4n) is 3.83. The fraction of sp³-hybridized carbons (Fsp3) is 0.238. The molecule has 0 bridgehead atoms. The van der Waals surface area contributed by atoms with Gasteiger partial charge in [-0.05, 0) is 26.0 Å². The molecule has 1 fully saturated rings. The highest BCUT2D eigenvalue weighted by atomic mass is 32.2. The Kier molecular flexibility index (Phi) is 4.64. The van der Waals surface area contributed by atoms with Gasteiger partial charge in [0.1, 0.15) is 11.5 Å². The zero-order valence-electron chi connectivity index (χ0n) is 18.1. The lowest BCUT2D eigenvalue weighted by Crippen LogP contribution is -2.42. The quantitative estimate of drug-likeness (QED) is 0.478. The lowest BCUT2D eigenvalue weighted by molar-refractivity contribution is 0.175. The molecule has 0 radical (unpaired) electrons. The minimum Gasteiger partial charge on any atom is -0.447 e. The van der Waals surface area contributed by atoms with E-state index in [1.807, 2.05) is 19.9 Å². The van der Waals surface area contributed by atoms with Crippen LogP contribution in [0.15, 0.2) is 60.0 Å². The summed E-state index contributed by atoms with van der Waals surface area (Å²) >= 11 is 0. The Balaban J connectivity index is 1.46. The molecule has 3 aromatic heterocycles. The number of amides is 1. The number of rotatable bonds is 5. The van der Waals surface area contributed by atoms with Gasteiger partial charge in [0.2, 0.25) is 0 Å². The van der Waals surface area contributed by atoms with Crippen molar-refractivity contribution in [2.75, 3.05) is 16.2 Å². The van der Waals surface area contributed by atoms with Crippen molar-refractivity contribution >= 4 is 38.4 Å². The van der Waals surface area contributed by atoms with Crippen molar-refractivity contribution in [2.24, 2.45) is 7.05 Å². The van der Waals surface area contributed by atoms with Crippen LogP contribution >= 0.6 is 0 Å². The van der Waals surface area contributed by atoms with Crippen LogP contribution in [-0.2, 0) is 21.8 Å². The summed E-state index contributed by atoms with van der Waals surface area (Å²) in [5, 5.41) is 9.17. The van der Waals surface area contributed by atoms with E-state index in [9.17, 15) is 13.2 Å². The van der Waals surface area contributed by atoms with Crippen molar-refractivity contribution in [3.63, 3.8) is 0 Å². The number of benzene rings is 1. The van der Waals surface area contributed by atoms with E-state index in [-0.39, 0.29) is 11.5 Å². The molecule has 1 aromatic carbocycles. The van der Waals surface area contributed by atoms with Gasteiger partial charge >= 0.3 is 6.09 Å². The standard InChI is InChI=1S/C21H21N7O4S/c1-21(2)13-32-20(29)28(21)15-7-8-22-18(9-15)27-12-16(11-24-27)33(30,31)25-17-6-4-5-14-10-23-26(3)19(14)17/h4-12,25H,13H2,1-3H3. The van der Waals surface area contributed by atoms with Crippen molar-refractivity contribution in [3.8, 4) is 5.82 Å². The lowest BCUT2D eigenvalue weighted by Gasteiger charge is -2.27. The molecule has 33 heavy (non-hydrogen) atoms. The topological polar surface area (TPSA) is 124 Å². The summed E-state index contributed by atoms with van der Waals surface area (Å²) in [6.45, 7) is 4.05. The number of nitrogens with zero attached hydrogens (tertiary/aromatic N) is 6. The Morgan fingerprint density at radius 1 is 1.15 bits per heavy atom. The van der Waals surface area contributed by atoms with Crippen LogP contribution in [0.4, 0.5) is 16.2 Å². The van der Waals surface area contributed by atoms with Gasteiger partial charge in [0.15, 0.2) is 5.82 Å². The van der Waals surface area contributed by atoms with Gasteiger partial charge in [-0.2, -0.15) is 10.2 Å². The number of aryl methyl sites for hydroxylation is 1. The van der Waals surface area contributed by atoms with Crippen LogP contribution in [0, 0.1) is 0 Å². The van der Waals surface area contributed by atoms with E-state index >= 15 is 0 Å². The summed E-state index contributed by atoms with van der Waals surface area (Å²) in [5.74, 6) is 0.359. The third-order valence-corrected chi connectivity index (χ3v) is 6.75. The third-order valence-electron chi connectivity index (χ3n) is 5.43. The van der Waals surface area contributed by atoms with Gasteiger partial charge in [-0.15, -0.1) is 0 Å². The third kappa shape index (κ3) is 3.57. The summed E-state index contributed by atoms with van der Waals surface area (Å²) in [7, 11) is -2.18. The van der Waals surface area contributed by atoms with E-state index in [0.717, 1.165) is 5.39 Å². The maximum atomic E-state index is 13.0. The number of carbonyl (C=O) groups excluding carboxylic acids is 1. The molecule has 4 heterocycles. The molecule has 0 atom stereocenters. The molecule has 5 rings (SSSR count). The van der Waals surface area contributed by atoms with E-state index in [1.54, 1.807) is 42.2 Å². The Morgan fingerprint density at radius 2 is 1.97 bits per heavy atom. The summed E-state index contributed by atoms with van der Waals surface area (Å²) < 4.78 is 36.8. The normalized spacial score (nSPS) is 15.7. The van der Waals surface area contributed by atoms with Crippen molar-refractivity contribution in [3.05, 3.63) is 55.1 Å². The second kappa shape index (κ2) is 7.30. The number of carbonyl (C=O) groups is 1. The van der Waals surface area contributed by atoms with Gasteiger partial charge < -0.3 is 4.74 Å². The van der Waals surface area contributed by atoms with Gasteiger partial charge in [0.05, 0.1) is 41.0 Å². The number of para-hydroxylation sites is 1. The minimum absolute atomic E-state index is 0.0326. The number of hydrogen-bond acceptors (Lipinski definition) is 7. The van der Waals surface area contributed by atoms with E-state index < -0.39 is 21.7 Å². The predicted molar refractivity (Wildman–Crippen MR) is 121 cm³/mol. The molecular weight excluding hydrogens is 446 g/mol. The first-order chi connectivity index (χ1) is 15.7. The molecule has 1 amide bonds. The number of sulfonamides is 1. The fourth-order valence-corrected chi connectivity index (χ4v) is 4.83. The first-order valence-electron chi connectivity index (χ1n) is 10.1. The SMILES string of the molecule is Cn1ncc2cccc(NS(=O)(=O)c3cnn(-c4cc(N5C(=O)OCC5(C)C)ccn4)c3)c21. The van der Waals surface area contributed by atoms with E-state index in [0.29, 0.717) is 22.7 Å². The first kappa shape index (κ1) is 20.9. The molecule has 12 heteroatoms. The highest BCUT2D eigenvalue weighted by molar-refractivity contribution is 7.92. The smallest absolute Gasteiger partial charge is 0.414 e. The van der Waals surface area contributed by atoms with Crippen LogP contribution in [0.1, 0.15) is 13.8 Å². The summed E-state index contributed by atoms with van der Waals surface area (Å²) in [4.78, 5) is 18.0. The molecule has 0 spiro atoms. The molecule has 11 nitrogen and oxygen atoms in total. The molecule has 0 unspecified atom stereocenters. The van der Waals surface area contributed by atoms with Crippen LogP contribution in [0.5, 0.6) is 0 Å².